The Hall–Kier alpha value is -2.50. The third kappa shape index (κ3) is 2.20. The third-order valence-corrected chi connectivity index (χ3v) is 3.44. The molecule has 0 saturated heterocycles. The molecule has 1 aromatic carbocycles. The van der Waals surface area contributed by atoms with E-state index in [9.17, 15) is 4.79 Å². The van der Waals surface area contributed by atoms with Crippen LogP contribution >= 0.6 is 0 Å². The number of benzene rings is 1. The van der Waals surface area contributed by atoms with E-state index in [1.54, 1.807) is 29.3 Å². The van der Waals surface area contributed by atoms with Crippen molar-refractivity contribution in [2.45, 2.75) is 6.42 Å². The lowest BCUT2D eigenvalue weighted by Crippen LogP contribution is -2.40. The highest BCUT2D eigenvalue weighted by Gasteiger charge is 2.25. The van der Waals surface area contributed by atoms with Gasteiger partial charge < -0.3 is 15.4 Å². The highest BCUT2D eigenvalue weighted by molar-refractivity contribution is 5.98. The average molecular weight is 272 g/mol. The van der Waals surface area contributed by atoms with E-state index in [4.69, 9.17) is 10.5 Å². The Bertz CT molecular complexity index is 650. The smallest absolute Gasteiger partial charge is 0.265 e. The predicted molar refractivity (Wildman–Crippen MR) is 75.6 cm³/mol. The molecule has 2 N–H and O–H groups in total. The number of nitrogen functional groups attached to an aromatic ring is 1. The van der Waals surface area contributed by atoms with Gasteiger partial charge in [-0.1, -0.05) is 0 Å². The Morgan fingerprint density at radius 2 is 2.25 bits per heavy atom. The summed E-state index contributed by atoms with van der Waals surface area (Å²) in [5.41, 5.74) is 8.23. The van der Waals surface area contributed by atoms with Gasteiger partial charge in [0.15, 0.2) is 6.61 Å². The summed E-state index contributed by atoms with van der Waals surface area (Å²) in [5, 5.41) is 4.13. The van der Waals surface area contributed by atoms with E-state index in [0.717, 1.165) is 17.8 Å². The fourth-order valence-corrected chi connectivity index (χ4v) is 2.34. The minimum absolute atomic E-state index is 0.0507. The van der Waals surface area contributed by atoms with Crippen LogP contribution in [0.3, 0.4) is 0 Å². The van der Waals surface area contributed by atoms with Crippen LogP contribution in [0.1, 0.15) is 5.69 Å². The molecule has 1 aromatic heterocycles. The van der Waals surface area contributed by atoms with Gasteiger partial charge in [0.05, 0.1) is 5.69 Å². The number of carbonyl (C=O) groups excluding carboxylic acids is 1. The number of ether oxygens (including phenoxy) is 1. The van der Waals surface area contributed by atoms with Crippen LogP contribution in [-0.4, -0.2) is 28.8 Å². The number of carbonyl (C=O) groups is 1. The zero-order chi connectivity index (χ0) is 14.1. The molecule has 2 aromatic rings. The zero-order valence-electron chi connectivity index (χ0n) is 11.2. The minimum atomic E-state index is -0.0507. The largest absolute Gasteiger partial charge is 0.482 e. The van der Waals surface area contributed by atoms with Crippen LogP contribution in [0.15, 0.2) is 30.5 Å². The molecule has 3 rings (SSSR count). The van der Waals surface area contributed by atoms with Gasteiger partial charge in [0.25, 0.3) is 5.91 Å². The molecule has 1 amide bonds. The molecule has 0 radical (unpaired) electrons. The van der Waals surface area contributed by atoms with Gasteiger partial charge >= 0.3 is 0 Å². The molecule has 0 unspecified atom stereocenters. The highest BCUT2D eigenvalue weighted by atomic mass is 16.5. The number of amides is 1. The quantitative estimate of drug-likeness (QED) is 0.845. The summed E-state index contributed by atoms with van der Waals surface area (Å²) in [7, 11) is 1.89. The molecule has 0 spiro atoms. The van der Waals surface area contributed by atoms with E-state index in [1.807, 2.05) is 17.8 Å². The van der Waals surface area contributed by atoms with E-state index < -0.39 is 0 Å². The molecular weight excluding hydrogens is 256 g/mol. The monoisotopic (exact) mass is 272 g/mol. The third-order valence-electron chi connectivity index (χ3n) is 3.44. The molecule has 0 atom stereocenters. The second-order valence-corrected chi connectivity index (χ2v) is 4.76. The van der Waals surface area contributed by atoms with E-state index in [2.05, 4.69) is 5.10 Å². The molecule has 104 valence electrons. The summed E-state index contributed by atoms with van der Waals surface area (Å²) in [6.45, 7) is 0.653. The number of anilines is 2. The van der Waals surface area contributed by atoms with Crippen molar-refractivity contribution >= 4 is 17.3 Å². The van der Waals surface area contributed by atoms with Crippen molar-refractivity contribution in [1.29, 1.82) is 0 Å². The summed E-state index contributed by atoms with van der Waals surface area (Å²) < 4.78 is 7.23. The zero-order valence-corrected chi connectivity index (χ0v) is 11.2. The number of nitrogens with zero attached hydrogens (tertiary/aromatic N) is 3. The van der Waals surface area contributed by atoms with Crippen molar-refractivity contribution in [3.8, 4) is 5.75 Å². The molecule has 20 heavy (non-hydrogen) atoms. The van der Waals surface area contributed by atoms with Gasteiger partial charge in [-0.2, -0.15) is 5.10 Å². The van der Waals surface area contributed by atoms with Crippen LogP contribution in [-0.2, 0) is 18.3 Å². The summed E-state index contributed by atoms with van der Waals surface area (Å²) in [4.78, 5) is 13.8. The first-order valence-corrected chi connectivity index (χ1v) is 6.45. The first kappa shape index (κ1) is 12.5. The van der Waals surface area contributed by atoms with Crippen molar-refractivity contribution in [1.82, 2.24) is 9.78 Å². The second-order valence-electron chi connectivity index (χ2n) is 4.76. The van der Waals surface area contributed by atoms with Crippen molar-refractivity contribution in [2.75, 3.05) is 23.8 Å². The Balaban J connectivity index is 1.84. The van der Waals surface area contributed by atoms with E-state index in [0.29, 0.717) is 18.0 Å². The normalized spacial score (nSPS) is 14.1. The lowest BCUT2D eigenvalue weighted by molar-refractivity contribution is -0.121. The predicted octanol–water partition coefficient (Wildman–Crippen LogP) is 0.970. The second kappa shape index (κ2) is 4.88. The topological polar surface area (TPSA) is 73.4 Å². The highest BCUT2D eigenvalue weighted by Crippen LogP contribution is 2.33. The average Bonchev–Trinajstić information content (AvgIpc) is 2.83. The van der Waals surface area contributed by atoms with Crippen LogP contribution in [0, 0.1) is 0 Å². The molecule has 0 fully saturated rings. The van der Waals surface area contributed by atoms with Gasteiger partial charge in [0, 0.05) is 37.6 Å². The Morgan fingerprint density at radius 1 is 1.40 bits per heavy atom. The fourth-order valence-electron chi connectivity index (χ4n) is 2.34. The van der Waals surface area contributed by atoms with E-state index in [1.165, 1.54) is 0 Å². The Kier molecular flexibility index (Phi) is 3.06. The lowest BCUT2D eigenvalue weighted by atomic mass is 10.2. The molecule has 1 aliphatic rings. The van der Waals surface area contributed by atoms with Crippen LogP contribution in [0.4, 0.5) is 11.4 Å². The fraction of sp³-hybridized carbons (Fsp3) is 0.286. The summed E-state index contributed by atoms with van der Waals surface area (Å²) >= 11 is 0. The number of hydrogen-bond donors (Lipinski definition) is 1. The van der Waals surface area contributed by atoms with Crippen LogP contribution in [0.5, 0.6) is 5.75 Å². The molecule has 6 heteroatoms. The van der Waals surface area contributed by atoms with Gasteiger partial charge in [0.2, 0.25) is 0 Å². The van der Waals surface area contributed by atoms with Gasteiger partial charge in [-0.25, -0.2) is 0 Å². The molecular formula is C14H16N4O2. The number of aryl methyl sites for hydroxylation is 1. The van der Waals surface area contributed by atoms with Gasteiger partial charge in [-0.05, 0) is 24.3 Å². The van der Waals surface area contributed by atoms with Crippen LogP contribution in [0.2, 0.25) is 0 Å². The lowest BCUT2D eigenvalue weighted by Gasteiger charge is -2.29. The van der Waals surface area contributed by atoms with Crippen LogP contribution < -0.4 is 15.4 Å². The molecule has 0 bridgehead atoms. The Morgan fingerprint density at radius 3 is 3.00 bits per heavy atom. The van der Waals surface area contributed by atoms with Gasteiger partial charge in [-0.3, -0.25) is 9.48 Å². The molecule has 1 aliphatic heterocycles. The summed E-state index contributed by atoms with van der Waals surface area (Å²) in [5.74, 6) is 0.647. The van der Waals surface area contributed by atoms with Crippen molar-refractivity contribution in [3.05, 3.63) is 36.2 Å². The van der Waals surface area contributed by atoms with E-state index >= 15 is 0 Å². The molecule has 0 aliphatic carbocycles. The maximum Gasteiger partial charge on any atom is 0.265 e. The van der Waals surface area contributed by atoms with Crippen molar-refractivity contribution in [2.24, 2.45) is 7.05 Å². The maximum absolute atomic E-state index is 12.1. The van der Waals surface area contributed by atoms with Crippen molar-refractivity contribution < 1.29 is 9.53 Å². The van der Waals surface area contributed by atoms with Gasteiger partial charge in [-0.15, -0.1) is 0 Å². The minimum Gasteiger partial charge on any atom is -0.482 e. The molecule has 6 nitrogen and oxygen atoms in total. The van der Waals surface area contributed by atoms with Crippen LogP contribution in [0.25, 0.3) is 0 Å². The first-order valence-electron chi connectivity index (χ1n) is 6.45. The number of aromatic nitrogens is 2. The number of rotatable bonds is 3. The number of nitrogens with two attached hydrogens (primary N) is 1. The standard InChI is InChI=1S/C14H16N4O2/c1-17-11(4-6-16-17)5-7-18-12-8-10(15)2-3-13(12)20-9-14(18)19/h2-4,6,8H,5,7,9,15H2,1H3. The Labute approximate surface area is 116 Å². The SMILES string of the molecule is Cn1nccc1CCN1C(=O)COc2ccc(N)cc21. The number of fused-ring (bicyclic) bond motifs is 1. The molecule has 2 heterocycles. The van der Waals surface area contributed by atoms with E-state index in [-0.39, 0.29) is 12.5 Å². The first-order chi connectivity index (χ1) is 9.65. The van der Waals surface area contributed by atoms with Gasteiger partial charge in [0.1, 0.15) is 5.75 Å². The summed E-state index contributed by atoms with van der Waals surface area (Å²) in [6, 6.07) is 7.29. The van der Waals surface area contributed by atoms with Crippen molar-refractivity contribution in [3.63, 3.8) is 0 Å². The number of hydrogen-bond acceptors (Lipinski definition) is 4. The molecule has 0 saturated carbocycles. The maximum atomic E-state index is 12.1. The summed E-state index contributed by atoms with van der Waals surface area (Å²) in [6.07, 6.45) is 2.49.